The lowest BCUT2D eigenvalue weighted by Crippen LogP contribution is -2.43. The number of carbonyl (C=O) groups excluding carboxylic acids is 3. The third kappa shape index (κ3) is 5.84. The quantitative estimate of drug-likeness (QED) is 0.273. The van der Waals surface area contributed by atoms with Crippen LogP contribution in [0.1, 0.15) is 44.3 Å². The van der Waals surface area contributed by atoms with Gasteiger partial charge in [-0.1, -0.05) is 67.1 Å². The molecule has 178 valence electrons. The number of benzene rings is 3. The van der Waals surface area contributed by atoms with Crippen molar-refractivity contribution in [3.05, 3.63) is 107 Å². The van der Waals surface area contributed by atoms with E-state index in [0.29, 0.717) is 11.1 Å². The van der Waals surface area contributed by atoms with E-state index in [1.807, 2.05) is 68.6 Å². The molecule has 4 aromatic rings. The second kappa shape index (κ2) is 10.8. The van der Waals surface area contributed by atoms with Crippen molar-refractivity contribution in [1.29, 1.82) is 0 Å². The van der Waals surface area contributed by atoms with E-state index in [1.54, 1.807) is 24.3 Å². The molecule has 0 radical (unpaired) electrons. The first kappa shape index (κ1) is 24.0. The molecule has 6 nitrogen and oxygen atoms in total. The van der Waals surface area contributed by atoms with Crippen LogP contribution in [-0.4, -0.2) is 35.3 Å². The second-order valence-electron chi connectivity index (χ2n) is 8.54. The smallest absolute Gasteiger partial charge is 0.329 e. The summed E-state index contributed by atoms with van der Waals surface area (Å²) < 4.78 is 5.37. The van der Waals surface area contributed by atoms with E-state index in [-0.39, 0.29) is 18.1 Å². The summed E-state index contributed by atoms with van der Waals surface area (Å²) >= 11 is 0. The minimum absolute atomic E-state index is 0.223. The van der Waals surface area contributed by atoms with Gasteiger partial charge in [-0.15, -0.1) is 0 Å². The normalized spacial score (nSPS) is 11.7. The number of aromatic amines is 1. The number of fused-ring (bicyclic) bond motifs is 1. The number of hydrogen-bond donors (Lipinski definition) is 2. The summed E-state index contributed by atoms with van der Waals surface area (Å²) in [5, 5.41) is 3.77. The van der Waals surface area contributed by atoms with Gasteiger partial charge in [0.25, 0.3) is 5.91 Å². The number of ketones is 1. The molecule has 0 aliphatic heterocycles. The van der Waals surface area contributed by atoms with E-state index in [4.69, 9.17) is 4.74 Å². The topological polar surface area (TPSA) is 88.3 Å². The Kier molecular flexibility index (Phi) is 7.41. The van der Waals surface area contributed by atoms with Crippen molar-refractivity contribution in [2.75, 3.05) is 6.61 Å². The van der Waals surface area contributed by atoms with Gasteiger partial charge in [-0.25, -0.2) is 4.79 Å². The first-order chi connectivity index (χ1) is 16.9. The van der Waals surface area contributed by atoms with Gasteiger partial charge in [0.2, 0.25) is 0 Å². The van der Waals surface area contributed by atoms with Crippen molar-refractivity contribution in [2.45, 2.75) is 32.7 Å². The number of aromatic nitrogens is 1. The maximum atomic E-state index is 13.1. The average molecular weight is 469 g/mol. The lowest BCUT2D eigenvalue weighted by Gasteiger charge is -2.18. The highest BCUT2D eigenvalue weighted by atomic mass is 16.5. The Morgan fingerprint density at radius 3 is 2.31 bits per heavy atom. The fourth-order valence-electron chi connectivity index (χ4n) is 3.91. The number of aryl methyl sites for hydroxylation is 2. The molecule has 2 N–H and O–H groups in total. The van der Waals surface area contributed by atoms with Crippen LogP contribution in [0.25, 0.3) is 10.9 Å². The molecule has 1 amide bonds. The maximum absolute atomic E-state index is 13.1. The number of H-pyrrole nitrogens is 1. The highest BCUT2D eigenvalue weighted by molar-refractivity contribution is 5.99. The van der Waals surface area contributed by atoms with Gasteiger partial charge in [0.05, 0.1) is 0 Å². The standard InChI is InChI=1S/C29H28N2O4/c1-3-20-10-14-22(15-11-20)28(33)31-26(16-23-17-30-25-7-5-4-6-24(23)25)29(34)35-18-27(32)21-12-8-19(2)9-13-21/h4-15,17,26,30H,3,16,18H2,1-2H3,(H,31,33)/t26-/m0/s1. The first-order valence-electron chi connectivity index (χ1n) is 11.7. The van der Waals surface area contributed by atoms with Gasteiger partial charge in [-0.05, 0) is 42.7 Å². The van der Waals surface area contributed by atoms with Crippen LogP contribution in [0.3, 0.4) is 0 Å². The summed E-state index contributed by atoms with van der Waals surface area (Å²) in [5.74, 6) is -1.33. The summed E-state index contributed by atoms with van der Waals surface area (Å²) in [6, 6.07) is 21.1. The summed E-state index contributed by atoms with van der Waals surface area (Å²) in [6.07, 6.45) is 2.91. The fraction of sp³-hybridized carbons (Fsp3) is 0.207. The zero-order valence-corrected chi connectivity index (χ0v) is 19.8. The van der Waals surface area contributed by atoms with Crippen LogP contribution in [-0.2, 0) is 22.4 Å². The number of Topliss-reactive ketones (excluding diaryl/α,β-unsaturated/α-hetero) is 1. The van der Waals surface area contributed by atoms with Gasteiger partial charge in [0, 0.05) is 34.6 Å². The molecule has 0 spiro atoms. The van der Waals surface area contributed by atoms with Crippen molar-refractivity contribution < 1.29 is 19.1 Å². The van der Waals surface area contributed by atoms with Crippen LogP contribution in [0.4, 0.5) is 0 Å². The Morgan fingerprint density at radius 2 is 1.60 bits per heavy atom. The second-order valence-corrected chi connectivity index (χ2v) is 8.54. The molecule has 0 bridgehead atoms. The largest absolute Gasteiger partial charge is 0.456 e. The van der Waals surface area contributed by atoms with E-state index >= 15 is 0 Å². The van der Waals surface area contributed by atoms with Crippen LogP contribution in [0, 0.1) is 6.92 Å². The first-order valence-corrected chi connectivity index (χ1v) is 11.7. The van der Waals surface area contributed by atoms with Crippen LogP contribution in [0.5, 0.6) is 0 Å². The number of para-hydroxylation sites is 1. The summed E-state index contributed by atoms with van der Waals surface area (Å²) in [6.45, 7) is 3.58. The van der Waals surface area contributed by atoms with Gasteiger partial charge in [0.1, 0.15) is 6.04 Å². The van der Waals surface area contributed by atoms with Gasteiger partial charge in [-0.3, -0.25) is 9.59 Å². The molecule has 4 rings (SSSR count). The molecule has 1 atom stereocenters. The molecule has 1 heterocycles. The number of rotatable bonds is 9. The van der Waals surface area contributed by atoms with E-state index in [0.717, 1.165) is 34.0 Å². The SMILES string of the molecule is CCc1ccc(C(=O)N[C@@H](Cc2c[nH]c3ccccc23)C(=O)OCC(=O)c2ccc(C)cc2)cc1. The molecule has 0 saturated heterocycles. The number of nitrogens with one attached hydrogen (secondary N) is 2. The van der Waals surface area contributed by atoms with Gasteiger partial charge in [-0.2, -0.15) is 0 Å². The van der Waals surface area contributed by atoms with Crippen molar-refractivity contribution in [2.24, 2.45) is 0 Å². The Morgan fingerprint density at radius 1 is 0.914 bits per heavy atom. The fourth-order valence-corrected chi connectivity index (χ4v) is 3.91. The van der Waals surface area contributed by atoms with E-state index < -0.39 is 18.6 Å². The minimum Gasteiger partial charge on any atom is -0.456 e. The zero-order valence-electron chi connectivity index (χ0n) is 19.8. The predicted molar refractivity (Wildman–Crippen MR) is 136 cm³/mol. The van der Waals surface area contributed by atoms with Crippen LogP contribution < -0.4 is 5.32 Å². The molecule has 35 heavy (non-hydrogen) atoms. The van der Waals surface area contributed by atoms with E-state index in [2.05, 4.69) is 10.3 Å². The molecule has 0 fully saturated rings. The third-order valence-corrected chi connectivity index (χ3v) is 6.03. The molecular weight excluding hydrogens is 440 g/mol. The van der Waals surface area contributed by atoms with Crippen molar-refractivity contribution >= 4 is 28.6 Å². The number of hydrogen-bond acceptors (Lipinski definition) is 4. The summed E-state index contributed by atoms with van der Waals surface area (Å²) in [7, 11) is 0. The Bertz CT molecular complexity index is 1340. The average Bonchev–Trinajstić information content (AvgIpc) is 3.30. The zero-order chi connectivity index (χ0) is 24.8. The number of carbonyl (C=O) groups is 3. The molecule has 0 aliphatic carbocycles. The third-order valence-electron chi connectivity index (χ3n) is 6.03. The van der Waals surface area contributed by atoms with E-state index in [9.17, 15) is 14.4 Å². The Hall–Kier alpha value is -4.19. The molecule has 6 heteroatoms. The lowest BCUT2D eigenvalue weighted by atomic mass is 10.0. The van der Waals surface area contributed by atoms with Crippen LogP contribution in [0.15, 0.2) is 79.0 Å². The number of amides is 1. The Labute approximate surface area is 204 Å². The molecule has 0 unspecified atom stereocenters. The molecular formula is C29H28N2O4. The van der Waals surface area contributed by atoms with Gasteiger partial charge >= 0.3 is 5.97 Å². The highest BCUT2D eigenvalue weighted by Gasteiger charge is 2.25. The van der Waals surface area contributed by atoms with Crippen LogP contribution >= 0.6 is 0 Å². The van der Waals surface area contributed by atoms with Gasteiger partial charge < -0.3 is 15.0 Å². The number of ether oxygens (including phenoxy) is 1. The Balaban J connectivity index is 1.51. The van der Waals surface area contributed by atoms with Gasteiger partial charge in [0.15, 0.2) is 12.4 Å². The molecule has 3 aromatic carbocycles. The number of esters is 1. The molecule has 1 aromatic heterocycles. The molecule has 0 saturated carbocycles. The van der Waals surface area contributed by atoms with Crippen molar-refractivity contribution in [3.8, 4) is 0 Å². The predicted octanol–water partition coefficient (Wildman–Crippen LogP) is 4.81. The minimum atomic E-state index is -0.960. The van der Waals surface area contributed by atoms with Crippen LogP contribution in [0.2, 0.25) is 0 Å². The molecule has 0 aliphatic rings. The maximum Gasteiger partial charge on any atom is 0.329 e. The summed E-state index contributed by atoms with van der Waals surface area (Å²) in [5.41, 5.74) is 4.88. The van der Waals surface area contributed by atoms with E-state index in [1.165, 1.54) is 0 Å². The summed E-state index contributed by atoms with van der Waals surface area (Å²) in [4.78, 5) is 41.7. The highest BCUT2D eigenvalue weighted by Crippen LogP contribution is 2.20. The monoisotopic (exact) mass is 468 g/mol. The van der Waals surface area contributed by atoms with Crippen molar-refractivity contribution in [3.63, 3.8) is 0 Å². The lowest BCUT2D eigenvalue weighted by molar-refractivity contribution is -0.144. The van der Waals surface area contributed by atoms with Crippen molar-refractivity contribution in [1.82, 2.24) is 10.3 Å².